The Morgan fingerprint density at radius 1 is 1.17 bits per heavy atom. The van der Waals surface area contributed by atoms with Gasteiger partial charge in [-0.1, -0.05) is 31.0 Å². The molecule has 30 heavy (non-hydrogen) atoms. The Labute approximate surface area is 179 Å². The van der Waals surface area contributed by atoms with Crippen LogP contribution in [0, 0.1) is 0 Å². The Bertz CT molecular complexity index is 819. The second-order valence-electron chi connectivity index (χ2n) is 8.25. The summed E-state index contributed by atoms with van der Waals surface area (Å²) in [5.74, 6) is 1.72. The summed E-state index contributed by atoms with van der Waals surface area (Å²) in [7, 11) is 1.84. The molecule has 1 aromatic carbocycles. The van der Waals surface area contributed by atoms with Crippen LogP contribution in [0.25, 0.3) is 0 Å². The first-order valence-corrected chi connectivity index (χ1v) is 11.1. The van der Waals surface area contributed by atoms with E-state index in [1.54, 1.807) is 6.20 Å². The Hall–Kier alpha value is -2.60. The SMILES string of the molecule is CN=C(NCc1cccc(OCc2ccccn2)c1)NC1CCN(C2CCCC2)C1. The van der Waals surface area contributed by atoms with Gasteiger partial charge in [-0.15, -0.1) is 0 Å². The number of hydrogen-bond acceptors (Lipinski definition) is 4. The molecule has 1 atom stereocenters. The van der Waals surface area contributed by atoms with Crippen LogP contribution in [0.4, 0.5) is 0 Å². The predicted octanol–water partition coefficient (Wildman–Crippen LogP) is 3.34. The van der Waals surface area contributed by atoms with Crippen molar-refractivity contribution in [2.45, 2.75) is 57.3 Å². The van der Waals surface area contributed by atoms with Gasteiger partial charge < -0.3 is 15.4 Å². The fourth-order valence-electron chi connectivity index (χ4n) is 4.47. The van der Waals surface area contributed by atoms with Gasteiger partial charge in [-0.05, 0) is 49.1 Å². The summed E-state index contributed by atoms with van der Waals surface area (Å²) < 4.78 is 5.89. The molecule has 0 radical (unpaired) electrons. The highest BCUT2D eigenvalue weighted by Gasteiger charge is 2.30. The minimum absolute atomic E-state index is 0.472. The average molecular weight is 408 g/mol. The molecule has 1 unspecified atom stereocenters. The fraction of sp³-hybridized carbons (Fsp3) is 0.500. The quantitative estimate of drug-likeness (QED) is 0.544. The highest BCUT2D eigenvalue weighted by Crippen LogP contribution is 2.26. The lowest BCUT2D eigenvalue weighted by Gasteiger charge is -2.24. The molecule has 1 saturated heterocycles. The summed E-state index contributed by atoms with van der Waals surface area (Å²) in [6.45, 7) is 3.51. The van der Waals surface area contributed by atoms with Crippen LogP contribution >= 0.6 is 0 Å². The number of pyridine rings is 1. The molecule has 1 aliphatic heterocycles. The molecule has 2 N–H and O–H groups in total. The number of nitrogens with zero attached hydrogens (tertiary/aromatic N) is 3. The summed E-state index contributed by atoms with van der Waals surface area (Å²) >= 11 is 0. The first kappa shape index (κ1) is 20.7. The van der Waals surface area contributed by atoms with Crippen LogP contribution in [-0.4, -0.2) is 48.1 Å². The molecule has 160 valence electrons. The Balaban J connectivity index is 1.24. The summed E-state index contributed by atoms with van der Waals surface area (Å²) in [6, 6.07) is 15.3. The molecule has 2 fully saturated rings. The third-order valence-electron chi connectivity index (χ3n) is 6.10. The van der Waals surface area contributed by atoms with E-state index in [0.717, 1.165) is 35.6 Å². The van der Waals surface area contributed by atoms with E-state index in [4.69, 9.17) is 4.74 Å². The Kier molecular flexibility index (Phi) is 7.19. The second kappa shape index (κ2) is 10.4. The van der Waals surface area contributed by atoms with Crippen molar-refractivity contribution >= 4 is 5.96 Å². The lowest BCUT2D eigenvalue weighted by atomic mass is 10.2. The summed E-state index contributed by atoms with van der Waals surface area (Å²) in [4.78, 5) is 11.4. The van der Waals surface area contributed by atoms with Crippen LogP contribution in [0.1, 0.15) is 43.4 Å². The van der Waals surface area contributed by atoms with Gasteiger partial charge in [-0.2, -0.15) is 0 Å². The minimum Gasteiger partial charge on any atom is -0.487 e. The molecule has 6 nitrogen and oxygen atoms in total. The van der Waals surface area contributed by atoms with Gasteiger partial charge in [-0.3, -0.25) is 14.9 Å². The van der Waals surface area contributed by atoms with E-state index < -0.39 is 0 Å². The second-order valence-corrected chi connectivity index (χ2v) is 8.25. The van der Waals surface area contributed by atoms with Crippen molar-refractivity contribution in [1.29, 1.82) is 0 Å². The van der Waals surface area contributed by atoms with Gasteiger partial charge in [-0.25, -0.2) is 0 Å². The van der Waals surface area contributed by atoms with Crippen molar-refractivity contribution < 1.29 is 4.74 Å². The number of guanidine groups is 1. The average Bonchev–Trinajstić information content (AvgIpc) is 3.48. The normalized spacial score (nSPS) is 20.4. The highest BCUT2D eigenvalue weighted by atomic mass is 16.5. The lowest BCUT2D eigenvalue weighted by Crippen LogP contribution is -2.45. The van der Waals surface area contributed by atoms with E-state index in [1.807, 2.05) is 37.4 Å². The molecule has 0 spiro atoms. The van der Waals surface area contributed by atoms with Crippen LogP contribution in [-0.2, 0) is 13.2 Å². The van der Waals surface area contributed by atoms with Gasteiger partial charge in [0, 0.05) is 45.0 Å². The van der Waals surface area contributed by atoms with Gasteiger partial charge in [0.05, 0.1) is 5.69 Å². The van der Waals surface area contributed by atoms with Gasteiger partial charge in [0.25, 0.3) is 0 Å². The van der Waals surface area contributed by atoms with Crippen LogP contribution in [0.5, 0.6) is 5.75 Å². The molecular formula is C24H33N5O. The maximum atomic E-state index is 5.89. The molecule has 0 bridgehead atoms. The maximum absolute atomic E-state index is 5.89. The topological polar surface area (TPSA) is 61.8 Å². The van der Waals surface area contributed by atoms with Gasteiger partial charge in [0.2, 0.25) is 0 Å². The monoisotopic (exact) mass is 407 g/mol. The number of hydrogen-bond donors (Lipinski definition) is 2. The number of nitrogens with one attached hydrogen (secondary N) is 2. The van der Waals surface area contributed by atoms with Crippen molar-refractivity contribution in [2.24, 2.45) is 4.99 Å². The molecule has 1 aliphatic carbocycles. The Morgan fingerprint density at radius 3 is 2.87 bits per heavy atom. The lowest BCUT2D eigenvalue weighted by molar-refractivity contribution is 0.242. The summed E-state index contributed by atoms with van der Waals surface area (Å²) in [6.07, 6.45) is 8.51. The maximum Gasteiger partial charge on any atom is 0.191 e. The minimum atomic E-state index is 0.472. The highest BCUT2D eigenvalue weighted by molar-refractivity contribution is 5.80. The van der Waals surface area contributed by atoms with Crippen LogP contribution < -0.4 is 15.4 Å². The molecule has 0 amide bonds. The zero-order valence-corrected chi connectivity index (χ0v) is 17.9. The zero-order chi connectivity index (χ0) is 20.6. The third-order valence-corrected chi connectivity index (χ3v) is 6.10. The van der Waals surface area contributed by atoms with E-state index in [9.17, 15) is 0 Å². The molecule has 2 aromatic rings. The van der Waals surface area contributed by atoms with Crippen molar-refractivity contribution in [3.63, 3.8) is 0 Å². The zero-order valence-electron chi connectivity index (χ0n) is 17.9. The van der Waals surface area contributed by atoms with E-state index >= 15 is 0 Å². The smallest absolute Gasteiger partial charge is 0.191 e. The van der Waals surface area contributed by atoms with Crippen LogP contribution in [0.3, 0.4) is 0 Å². The first-order valence-electron chi connectivity index (χ1n) is 11.1. The van der Waals surface area contributed by atoms with Crippen LogP contribution in [0.15, 0.2) is 53.7 Å². The van der Waals surface area contributed by atoms with Crippen LogP contribution in [0.2, 0.25) is 0 Å². The standard InChI is InChI=1S/C24H33N5O/c1-25-24(28-20-12-14-29(17-20)22-9-2-3-10-22)27-16-19-7-6-11-23(15-19)30-18-21-8-4-5-13-26-21/h4-8,11,13,15,20,22H,2-3,9-10,12,14,16-18H2,1H3,(H2,25,27,28). The van der Waals surface area contributed by atoms with Gasteiger partial charge in [0.15, 0.2) is 5.96 Å². The number of likely N-dealkylation sites (tertiary alicyclic amines) is 1. The summed E-state index contributed by atoms with van der Waals surface area (Å²) in [5, 5.41) is 7.06. The van der Waals surface area contributed by atoms with Crippen molar-refractivity contribution in [3.05, 3.63) is 59.9 Å². The predicted molar refractivity (Wildman–Crippen MR) is 121 cm³/mol. The molecule has 1 saturated carbocycles. The van der Waals surface area contributed by atoms with Crippen molar-refractivity contribution in [1.82, 2.24) is 20.5 Å². The van der Waals surface area contributed by atoms with E-state index in [2.05, 4.69) is 37.6 Å². The van der Waals surface area contributed by atoms with Gasteiger partial charge >= 0.3 is 0 Å². The first-order chi connectivity index (χ1) is 14.8. The number of benzene rings is 1. The largest absolute Gasteiger partial charge is 0.487 e. The number of rotatable bonds is 7. The number of ether oxygens (including phenoxy) is 1. The summed E-state index contributed by atoms with van der Waals surface area (Å²) in [5.41, 5.74) is 2.09. The third kappa shape index (κ3) is 5.72. The van der Waals surface area contributed by atoms with E-state index in [-0.39, 0.29) is 0 Å². The van der Waals surface area contributed by atoms with Crippen molar-refractivity contribution in [3.8, 4) is 5.75 Å². The fourth-order valence-corrected chi connectivity index (χ4v) is 4.47. The Morgan fingerprint density at radius 2 is 2.07 bits per heavy atom. The molecule has 2 heterocycles. The van der Waals surface area contributed by atoms with E-state index in [0.29, 0.717) is 19.2 Å². The molecule has 1 aromatic heterocycles. The molecule has 2 aliphatic rings. The number of aromatic nitrogens is 1. The van der Waals surface area contributed by atoms with Gasteiger partial charge in [0.1, 0.15) is 12.4 Å². The van der Waals surface area contributed by atoms with E-state index in [1.165, 1.54) is 38.6 Å². The van der Waals surface area contributed by atoms with Crippen molar-refractivity contribution in [2.75, 3.05) is 20.1 Å². The molecular weight excluding hydrogens is 374 g/mol. The molecule has 6 heteroatoms. The number of aliphatic imine (C=N–C) groups is 1. The molecule has 4 rings (SSSR count).